The van der Waals surface area contributed by atoms with E-state index in [2.05, 4.69) is 10.6 Å². The van der Waals surface area contributed by atoms with Crippen molar-refractivity contribution < 1.29 is 14.4 Å². The SMILES string of the molecule is CN1C(=O)c2ccc(NC(=O)[C@@H]3CCCN3)cc2C1=O. The zero-order valence-corrected chi connectivity index (χ0v) is 11.1. The number of benzene rings is 1. The lowest BCUT2D eigenvalue weighted by molar-refractivity contribution is -0.117. The van der Waals surface area contributed by atoms with Gasteiger partial charge in [-0.05, 0) is 37.6 Å². The minimum atomic E-state index is -0.333. The number of fused-ring (bicyclic) bond motifs is 1. The molecule has 1 saturated heterocycles. The van der Waals surface area contributed by atoms with Crippen LogP contribution in [0.2, 0.25) is 0 Å². The molecular formula is C14H15N3O3. The van der Waals surface area contributed by atoms with Gasteiger partial charge in [-0.25, -0.2) is 0 Å². The predicted molar refractivity (Wildman–Crippen MR) is 72.5 cm³/mol. The number of rotatable bonds is 2. The highest BCUT2D eigenvalue weighted by Gasteiger charge is 2.33. The molecule has 0 aliphatic carbocycles. The first kappa shape index (κ1) is 12.8. The maximum atomic E-state index is 12.0. The van der Waals surface area contributed by atoms with Crippen molar-refractivity contribution in [3.05, 3.63) is 29.3 Å². The normalized spacial score (nSPS) is 21.2. The Balaban J connectivity index is 1.81. The number of amides is 3. The Labute approximate surface area is 116 Å². The fraction of sp³-hybridized carbons (Fsp3) is 0.357. The fourth-order valence-corrected chi connectivity index (χ4v) is 2.58. The van der Waals surface area contributed by atoms with E-state index in [9.17, 15) is 14.4 Å². The van der Waals surface area contributed by atoms with Gasteiger partial charge in [0.1, 0.15) is 0 Å². The molecule has 2 aliphatic rings. The van der Waals surface area contributed by atoms with E-state index in [1.807, 2.05) is 0 Å². The zero-order valence-electron chi connectivity index (χ0n) is 11.1. The molecule has 1 aromatic carbocycles. The van der Waals surface area contributed by atoms with Crippen LogP contribution in [0, 0.1) is 0 Å². The number of nitrogens with zero attached hydrogens (tertiary/aromatic N) is 1. The largest absolute Gasteiger partial charge is 0.325 e. The maximum Gasteiger partial charge on any atom is 0.261 e. The molecule has 2 N–H and O–H groups in total. The van der Waals surface area contributed by atoms with Crippen LogP contribution in [0.25, 0.3) is 0 Å². The average Bonchev–Trinajstić information content (AvgIpc) is 3.04. The molecule has 0 aromatic heterocycles. The van der Waals surface area contributed by atoms with E-state index in [1.54, 1.807) is 18.2 Å². The van der Waals surface area contributed by atoms with Crippen LogP contribution in [0.5, 0.6) is 0 Å². The smallest absolute Gasteiger partial charge is 0.261 e. The van der Waals surface area contributed by atoms with Crippen LogP contribution in [-0.2, 0) is 4.79 Å². The number of carbonyl (C=O) groups is 3. The van der Waals surface area contributed by atoms with E-state index in [0.717, 1.165) is 24.3 Å². The van der Waals surface area contributed by atoms with Crippen molar-refractivity contribution in [2.24, 2.45) is 0 Å². The highest BCUT2D eigenvalue weighted by atomic mass is 16.2. The second-order valence-electron chi connectivity index (χ2n) is 5.07. The quantitative estimate of drug-likeness (QED) is 0.774. The molecule has 0 bridgehead atoms. The standard InChI is InChI=1S/C14H15N3O3/c1-17-13(19)9-5-4-8(7-10(9)14(17)20)16-12(18)11-3-2-6-15-11/h4-5,7,11,15H,2-3,6H2,1H3,(H,16,18)/t11-/m0/s1. The first-order valence-corrected chi connectivity index (χ1v) is 6.58. The fourth-order valence-electron chi connectivity index (χ4n) is 2.58. The van der Waals surface area contributed by atoms with E-state index in [1.165, 1.54) is 7.05 Å². The van der Waals surface area contributed by atoms with Crippen molar-refractivity contribution in [1.29, 1.82) is 0 Å². The molecule has 6 nitrogen and oxygen atoms in total. The molecule has 3 amide bonds. The highest BCUT2D eigenvalue weighted by molar-refractivity contribution is 6.21. The summed E-state index contributed by atoms with van der Waals surface area (Å²) in [6.45, 7) is 0.847. The molecule has 2 heterocycles. The van der Waals surface area contributed by atoms with Crippen molar-refractivity contribution in [3.63, 3.8) is 0 Å². The number of carbonyl (C=O) groups excluding carboxylic acids is 3. The maximum absolute atomic E-state index is 12.0. The molecule has 0 unspecified atom stereocenters. The van der Waals surface area contributed by atoms with E-state index in [0.29, 0.717) is 16.8 Å². The van der Waals surface area contributed by atoms with Gasteiger partial charge in [0.2, 0.25) is 5.91 Å². The molecular weight excluding hydrogens is 258 g/mol. The lowest BCUT2D eigenvalue weighted by atomic mass is 10.1. The van der Waals surface area contributed by atoms with Crippen LogP contribution >= 0.6 is 0 Å². The molecule has 2 aliphatic heterocycles. The number of hydrogen-bond donors (Lipinski definition) is 2. The summed E-state index contributed by atoms with van der Waals surface area (Å²) >= 11 is 0. The van der Waals surface area contributed by atoms with Crippen molar-refractivity contribution in [1.82, 2.24) is 10.2 Å². The van der Waals surface area contributed by atoms with Gasteiger partial charge in [-0.15, -0.1) is 0 Å². The summed E-state index contributed by atoms with van der Waals surface area (Å²) in [6.07, 6.45) is 1.80. The Morgan fingerprint density at radius 3 is 2.75 bits per heavy atom. The molecule has 1 atom stereocenters. The van der Waals surface area contributed by atoms with Crippen LogP contribution in [0.1, 0.15) is 33.6 Å². The van der Waals surface area contributed by atoms with Gasteiger partial charge in [0.05, 0.1) is 17.2 Å². The first-order chi connectivity index (χ1) is 9.58. The molecule has 0 radical (unpaired) electrons. The summed E-state index contributed by atoms with van der Waals surface area (Å²) in [5, 5.41) is 5.89. The summed E-state index contributed by atoms with van der Waals surface area (Å²) < 4.78 is 0. The van der Waals surface area contributed by atoms with Gasteiger partial charge in [-0.3, -0.25) is 19.3 Å². The third-order valence-corrected chi connectivity index (χ3v) is 3.73. The first-order valence-electron chi connectivity index (χ1n) is 6.58. The number of imide groups is 1. The molecule has 104 valence electrons. The summed E-state index contributed by atoms with van der Waals surface area (Å²) in [6, 6.07) is 4.61. The molecule has 3 rings (SSSR count). The van der Waals surface area contributed by atoms with Gasteiger partial charge < -0.3 is 10.6 Å². The molecule has 0 saturated carbocycles. The zero-order chi connectivity index (χ0) is 14.3. The van der Waals surface area contributed by atoms with Crippen LogP contribution in [0.15, 0.2) is 18.2 Å². The number of anilines is 1. The van der Waals surface area contributed by atoms with E-state index in [-0.39, 0.29) is 23.8 Å². The Bertz CT molecular complexity index is 606. The van der Waals surface area contributed by atoms with Gasteiger partial charge in [0, 0.05) is 12.7 Å². The monoisotopic (exact) mass is 273 g/mol. The second-order valence-corrected chi connectivity index (χ2v) is 5.07. The van der Waals surface area contributed by atoms with Gasteiger partial charge in [-0.2, -0.15) is 0 Å². The van der Waals surface area contributed by atoms with Crippen LogP contribution in [0.3, 0.4) is 0 Å². The molecule has 20 heavy (non-hydrogen) atoms. The van der Waals surface area contributed by atoms with Crippen molar-refractivity contribution in [2.45, 2.75) is 18.9 Å². The van der Waals surface area contributed by atoms with Gasteiger partial charge in [-0.1, -0.05) is 0 Å². The third kappa shape index (κ3) is 1.98. The summed E-state index contributed by atoms with van der Waals surface area (Å²) in [5.41, 5.74) is 1.27. The van der Waals surface area contributed by atoms with Gasteiger partial charge >= 0.3 is 0 Å². The highest BCUT2D eigenvalue weighted by Crippen LogP contribution is 2.25. The van der Waals surface area contributed by atoms with E-state index < -0.39 is 0 Å². The van der Waals surface area contributed by atoms with Crippen LogP contribution < -0.4 is 10.6 Å². The Kier molecular flexibility index (Phi) is 3.02. The van der Waals surface area contributed by atoms with Gasteiger partial charge in [0.25, 0.3) is 11.8 Å². The summed E-state index contributed by atoms with van der Waals surface area (Å²) in [7, 11) is 1.45. The Morgan fingerprint density at radius 1 is 1.30 bits per heavy atom. The Morgan fingerprint density at radius 2 is 2.05 bits per heavy atom. The topological polar surface area (TPSA) is 78.5 Å². The summed E-state index contributed by atoms with van der Waals surface area (Å²) in [4.78, 5) is 36.7. The lowest BCUT2D eigenvalue weighted by Crippen LogP contribution is -2.35. The number of hydrogen-bond acceptors (Lipinski definition) is 4. The Hall–Kier alpha value is -2.21. The number of nitrogens with one attached hydrogen (secondary N) is 2. The van der Waals surface area contributed by atoms with Crippen molar-refractivity contribution >= 4 is 23.4 Å². The van der Waals surface area contributed by atoms with Crippen LogP contribution in [-0.4, -0.2) is 42.3 Å². The molecule has 0 spiro atoms. The summed E-state index contributed by atoms with van der Waals surface area (Å²) in [5.74, 6) is -0.743. The predicted octanol–water partition coefficient (Wildman–Crippen LogP) is 0.603. The van der Waals surface area contributed by atoms with E-state index >= 15 is 0 Å². The van der Waals surface area contributed by atoms with Crippen molar-refractivity contribution in [3.8, 4) is 0 Å². The minimum Gasteiger partial charge on any atom is -0.325 e. The molecule has 1 fully saturated rings. The third-order valence-electron chi connectivity index (χ3n) is 3.73. The second kappa shape index (κ2) is 4.72. The molecule has 6 heteroatoms. The van der Waals surface area contributed by atoms with E-state index in [4.69, 9.17) is 0 Å². The minimum absolute atomic E-state index is 0.104. The van der Waals surface area contributed by atoms with Crippen molar-refractivity contribution in [2.75, 3.05) is 18.9 Å². The van der Waals surface area contributed by atoms with Crippen LogP contribution in [0.4, 0.5) is 5.69 Å². The lowest BCUT2D eigenvalue weighted by Gasteiger charge is -2.11. The molecule has 1 aromatic rings. The average molecular weight is 273 g/mol. The van der Waals surface area contributed by atoms with Gasteiger partial charge in [0.15, 0.2) is 0 Å².